The molecule has 9 heteroatoms. The van der Waals surface area contributed by atoms with Gasteiger partial charge in [0.25, 0.3) is 5.91 Å². The van der Waals surface area contributed by atoms with Crippen LogP contribution < -0.4 is 4.74 Å². The quantitative estimate of drug-likeness (QED) is 0.389. The third-order valence-electron chi connectivity index (χ3n) is 5.82. The molecule has 1 aromatic carbocycles. The first-order chi connectivity index (χ1) is 16.2. The normalized spacial score (nSPS) is 13.2. The number of carbonyl (C=O) groups is 1. The van der Waals surface area contributed by atoms with Crippen molar-refractivity contribution in [2.24, 2.45) is 0 Å². The monoisotopic (exact) mass is 477 g/mol. The molecule has 8 nitrogen and oxygen atoms in total. The number of amides is 1. The number of hydrogen-bond acceptors (Lipinski definition) is 6. The van der Waals surface area contributed by atoms with E-state index in [1.165, 1.54) is 0 Å². The van der Waals surface area contributed by atoms with Crippen LogP contribution in [0.15, 0.2) is 60.0 Å². The van der Waals surface area contributed by atoms with Gasteiger partial charge in [-0.25, -0.2) is 9.97 Å². The van der Waals surface area contributed by atoms with Crippen molar-refractivity contribution in [3.8, 4) is 23.0 Å². The van der Waals surface area contributed by atoms with Crippen molar-refractivity contribution in [2.75, 3.05) is 26.0 Å². The minimum atomic E-state index is 0. The fraction of sp³-hybridized carbons (Fsp3) is 0.280. The number of ether oxygens (including phenoxy) is 1. The van der Waals surface area contributed by atoms with Gasteiger partial charge in [-0.15, -0.1) is 11.8 Å². The average Bonchev–Trinajstić information content (AvgIpc) is 3.52. The minimum Gasteiger partial charge on any atom is -0.494 e. The third kappa shape index (κ3) is 4.49. The molecule has 1 aliphatic heterocycles. The number of carbonyl (C=O) groups excluding carboxylic acids is 1. The van der Waals surface area contributed by atoms with E-state index in [-0.39, 0.29) is 11.4 Å². The summed E-state index contributed by atoms with van der Waals surface area (Å²) >= 11 is 1.66. The van der Waals surface area contributed by atoms with Gasteiger partial charge in [-0.1, -0.05) is 6.07 Å². The van der Waals surface area contributed by atoms with Gasteiger partial charge in [0.15, 0.2) is 0 Å². The Bertz CT molecular complexity index is 1300. The lowest BCUT2D eigenvalue weighted by Crippen LogP contribution is -2.27. The zero-order chi connectivity index (χ0) is 22.8. The topological polar surface area (TPSA) is 105 Å². The van der Waals surface area contributed by atoms with Crippen LogP contribution in [0.5, 0.6) is 5.75 Å². The van der Waals surface area contributed by atoms with Gasteiger partial charge in [0, 0.05) is 65.4 Å². The molecule has 1 aliphatic rings. The predicted octanol–water partition coefficient (Wildman–Crippen LogP) is 4.01. The van der Waals surface area contributed by atoms with Crippen molar-refractivity contribution in [3.63, 3.8) is 0 Å². The number of fused-ring (bicyclic) bond motifs is 1. The number of hydrogen-bond donors (Lipinski definition) is 0. The molecule has 0 spiro atoms. The first kappa shape index (κ1) is 23.7. The van der Waals surface area contributed by atoms with E-state index in [9.17, 15) is 4.79 Å². The standard InChI is InChI=1S/C25H25N5O2S.H2O/c1-3-32-19-8-9-26-21(13-19)18-14-27-25(28-15-18)30-16-23(33-2)20-7-6-17(12-22(20)30)24(31)29-10-4-5-11-29;/h6-9,12-16H,3-5,10-11H2,1-2H3;1H2. The van der Waals surface area contributed by atoms with E-state index in [1.54, 1.807) is 30.4 Å². The Morgan fingerprint density at radius 2 is 1.85 bits per heavy atom. The highest BCUT2D eigenvalue weighted by molar-refractivity contribution is 7.98. The molecule has 1 fully saturated rings. The summed E-state index contributed by atoms with van der Waals surface area (Å²) in [7, 11) is 0. The largest absolute Gasteiger partial charge is 0.494 e. The lowest BCUT2D eigenvalue weighted by Gasteiger charge is -2.15. The number of likely N-dealkylation sites (tertiary alicyclic amines) is 1. The molecule has 0 atom stereocenters. The van der Waals surface area contributed by atoms with Gasteiger partial charge in [0.05, 0.1) is 17.8 Å². The summed E-state index contributed by atoms with van der Waals surface area (Å²) in [6, 6.07) is 9.63. The van der Waals surface area contributed by atoms with Crippen LogP contribution in [-0.4, -0.2) is 61.8 Å². The molecule has 0 saturated carbocycles. The van der Waals surface area contributed by atoms with E-state index in [0.717, 1.165) is 58.7 Å². The van der Waals surface area contributed by atoms with Crippen molar-refractivity contribution < 1.29 is 15.0 Å². The molecule has 1 saturated heterocycles. The zero-order valence-corrected chi connectivity index (χ0v) is 20.0. The van der Waals surface area contributed by atoms with Crippen molar-refractivity contribution in [3.05, 3.63) is 60.7 Å². The number of aromatic nitrogens is 4. The molecule has 1 amide bonds. The fourth-order valence-corrected chi connectivity index (χ4v) is 4.77. The summed E-state index contributed by atoms with van der Waals surface area (Å²) < 4.78 is 7.53. The maximum Gasteiger partial charge on any atom is 0.253 e. The number of thioether (sulfide) groups is 1. The molecule has 34 heavy (non-hydrogen) atoms. The van der Waals surface area contributed by atoms with E-state index in [1.807, 2.05) is 59.2 Å². The highest BCUT2D eigenvalue weighted by Crippen LogP contribution is 2.31. The van der Waals surface area contributed by atoms with Crippen LogP contribution >= 0.6 is 11.8 Å². The molecule has 0 radical (unpaired) electrons. The van der Waals surface area contributed by atoms with Crippen LogP contribution in [0.4, 0.5) is 0 Å². The lowest BCUT2D eigenvalue weighted by atomic mass is 10.1. The van der Waals surface area contributed by atoms with Crippen LogP contribution in [0, 0.1) is 0 Å². The first-order valence-corrected chi connectivity index (χ1v) is 12.3. The molecule has 0 aliphatic carbocycles. The van der Waals surface area contributed by atoms with Gasteiger partial charge in [-0.05, 0) is 44.2 Å². The predicted molar refractivity (Wildman–Crippen MR) is 134 cm³/mol. The highest BCUT2D eigenvalue weighted by atomic mass is 32.2. The summed E-state index contributed by atoms with van der Waals surface area (Å²) in [5.74, 6) is 1.41. The SMILES string of the molecule is CCOc1ccnc(-c2cnc(-n3cc(SC)c4ccc(C(=O)N5CCCC5)cc43)nc2)c1.O. The second kappa shape index (κ2) is 10.2. The Kier molecular flexibility index (Phi) is 7.14. The van der Waals surface area contributed by atoms with E-state index < -0.39 is 0 Å². The second-order valence-electron chi connectivity index (χ2n) is 7.88. The van der Waals surface area contributed by atoms with Crippen LogP contribution in [0.25, 0.3) is 28.1 Å². The molecule has 2 N–H and O–H groups in total. The van der Waals surface area contributed by atoms with E-state index in [2.05, 4.69) is 15.0 Å². The van der Waals surface area contributed by atoms with Gasteiger partial charge in [0.2, 0.25) is 5.95 Å². The van der Waals surface area contributed by atoms with Gasteiger partial charge < -0.3 is 15.1 Å². The summed E-state index contributed by atoms with van der Waals surface area (Å²) in [5, 5.41) is 1.08. The van der Waals surface area contributed by atoms with Crippen LogP contribution in [0.1, 0.15) is 30.1 Å². The van der Waals surface area contributed by atoms with Crippen LogP contribution in [0.3, 0.4) is 0 Å². The van der Waals surface area contributed by atoms with Gasteiger partial charge >= 0.3 is 0 Å². The summed E-state index contributed by atoms with van der Waals surface area (Å²) in [6.45, 7) is 4.21. The number of pyridine rings is 1. The van der Waals surface area contributed by atoms with Gasteiger partial charge in [-0.2, -0.15) is 0 Å². The number of nitrogens with zero attached hydrogens (tertiary/aromatic N) is 5. The fourth-order valence-electron chi connectivity index (χ4n) is 4.16. The smallest absolute Gasteiger partial charge is 0.253 e. The third-order valence-corrected chi connectivity index (χ3v) is 6.59. The van der Waals surface area contributed by atoms with Crippen molar-refractivity contribution in [1.29, 1.82) is 0 Å². The Morgan fingerprint density at radius 1 is 1.09 bits per heavy atom. The first-order valence-electron chi connectivity index (χ1n) is 11.1. The van der Waals surface area contributed by atoms with E-state index in [4.69, 9.17) is 4.74 Å². The van der Waals surface area contributed by atoms with Crippen molar-refractivity contribution >= 4 is 28.6 Å². The molecular weight excluding hydrogens is 450 g/mol. The maximum absolute atomic E-state index is 13.0. The number of benzene rings is 1. The molecule has 4 aromatic rings. The molecule has 4 heterocycles. The van der Waals surface area contributed by atoms with Gasteiger partial charge in [0.1, 0.15) is 5.75 Å². The van der Waals surface area contributed by atoms with E-state index in [0.29, 0.717) is 18.1 Å². The molecule has 3 aromatic heterocycles. The molecule has 5 rings (SSSR count). The Morgan fingerprint density at radius 3 is 2.56 bits per heavy atom. The van der Waals surface area contributed by atoms with Crippen LogP contribution in [-0.2, 0) is 0 Å². The number of rotatable bonds is 6. The Hall–Kier alpha value is -3.43. The Balaban J connectivity index is 0.00000274. The maximum atomic E-state index is 13.0. The molecule has 0 bridgehead atoms. The second-order valence-corrected chi connectivity index (χ2v) is 8.73. The average molecular weight is 478 g/mol. The summed E-state index contributed by atoms with van der Waals surface area (Å²) in [5.41, 5.74) is 3.19. The Labute approximate surface area is 202 Å². The summed E-state index contributed by atoms with van der Waals surface area (Å²) in [4.78, 5) is 29.6. The highest BCUT2D eigenvalue weighted by Gasteiger charge is 2.21. The van der Waals surface area contributed by atoms with Crippen molar-refractivity contribution in [2.45, 2.75) is 24.7 Å². The molecule has 176 valence electrons. The molecule has 0 unspecified atom stereocenters. The summed E-state index contributed by atoms with van der Waals surface area (Å²) in [6.07, 6.45) is 11.5. The van der Waals surface area contributed by atoms with Gasteiger partial charge in [-0.3, -0.25) is 14.3 Å². The zero-order valence-electron chi connectivity index (χ0n) is 19.2. The lowest BCUT2D eigenvalue weighted by molar-refractivity contribution is 0.0793. The van der Waals surface area contributed by atoms with Crippen molar-refractivity contribution in [1.82, 2.24) is 24.4 Å². The van der Waals surface area contributed by atoms with Crippen LogP contribution in [0.2, 0.25) is 0 Å². The molecular formula is C25H27N5O3S. The van der Waals surface area contributed by atoms with E-state index >= 15 is 0 Å². The minimum absolute atomic E-state index is 0.